The van der Waals surface area contributed by atoms with Crippen molar-refractivity contribution < 1.29 is 69.7 Å². The molecule has 20 atom stereocenters. The van der Waals surface area contributed by atoms with E-state index in [1.165, 1.54) is 0 Å². The molecule has 7 aliphatic rings. The van der Waals surface area contributed by atoms with Crippen molar-refractivity contribution in [3.63, 3.8) is 0 Å². The van der Waals surface area contributed by atoms with E-state index in [0.29, 0.717) is 18.3 Å². The SMILES string of the molecule is CC1(C)CC2C3=CCC4C5(C)CCC(OC6OC(C(=O)O)C(O)C(O)C6OC6OC(CO)C(O)C(O)C6O)C(C)(CO)C5CCC4(C)C3(C)CCC2(C)CC1O. The second-order valence-electron chi connectivity index (χ2n) is 20.8. The fraction of sp³-hybridized carbons (Fsp3) is 0.929. The van der Waals surface area contributed by atoms with E-state index in [1.54, 1.807) is 5.57 Å². The molecule has 2 heterocycles. The van der Waals surface area contributed by atoms with Crippen molar-refractivity contribution >= 4 is 5.97 Å². The van der Waals surface area contributed by atoms with E-state index in [9.17, 15) is 50.8 Å². The number of rotatable bonds is 7. The zero-order valence-electron chi connectivity index (χ0n) is 34.1. The van der Waals surface area contributed by atoms with Gasteiger partial charge >= 0.3 is 5.97 Å². The molecule has 0 bridgehead atoms. The van der Waals surface area contributed by atoms with Crippen LogP contribution in [0.3, 0.4) is 0 Å². The lowest BCUT2D eigenvalue weighted by atomic mass is 9.33. The molecule has 2 aliphatic heterocycles. The summed E-state index contributed by atoms with van der Waals surface area (Å²) in [5.74, 6) is -0.833. The zero-order valence-corrected chi connectivity index (χ0v) is 34.1. The topological polar surface area (TPSA) is 236 Å². The quantitative estimate of drug-likeness (QED) is 0.132. The highest BCUT2D eigenvalue weighted by molar-refractivity contribution is 5.73. The Morgan fingerprint density at radius 2 is 1.46 bits per heavy atom. The molecule has 320 valence electrons. The Kier molecular flexibility index (Phi) is 11.0. The van der Waals surface area contributed by atoms with Gasteiger partial charge in [-0.05, 0) is 103 Å². The summed E-state index contributed by atoms with van der Waals surface area (Å²) in [6, 6.07) is 0. The van der Waals surface area contributed by atoms with E-state index in [4.69, 9.17) is 18.9 Å². The van der Waals surface area contributed by atoms with Gasteiger partial charge in [0.15, 0.2) is 18.7 Å². The van der Waals surface area contributed by atoms with Crippen molar-refractivity contribution in [3.8, 4) is 0 Å². The van der Waals surface area contributed by atoms with E-state index < -0.39 is 85.5 Å². The van der Waals surface area contributed by atoms with Gasteiger partial charge in [-0.25, -0.2) is 4.79 Å². The molecule has 0 spiro atoms. The molecular weight excluding hydrogens is 728 g/mol. The summed E-state index contributed by atoms with van der Waals surface area (Å²) in [7, 11) is 0. The van der Waals surface area contributed by atoms with E-state index in [-0.39, 0.29) is 45.7 Å². The number of carbonyl (C=O) groups is 1. The molecule has 4 saturated carbocycles. The number of ether oxygens (including phenoxy) is 4. The van der Waals surface area contributed by atoms with Crippen LogP contribution in [0, 0.1) is 50.2 Å². The van der Waals surface area contributed by atoms with Gasteiger partial charge in [0.05, 0.1) is 25.4 Å². The molecule has 14 nitrogen and oxygen atoms in total. The molecule has 20 unspecified atom stereocenters. The lowest BCUT2D eigenvalue weighted by molar-refractivity contribution is -0.375. The third kappa shape index (κ3) is 6.21. The highest BCUT2D eigenvalue weighted by atomic mass is 16.8. The van der Waals surface area contributed by atoms with Gasteiger partial charge in [0.1, 0.15) is 42.7 Å². The number of allylic oxidation sites excluding steroid dienone is 2. The Hall–Kier alpha value is -1.27. The van der Waals surface area contributed by atoms with Crippen LogP contribution in [0.5, 0.6) is 0 Å². The third-order valence-electron chi connectivity index (χ3n) is 17.5. The Morgan fingerprint density at radius 1 is 0.768 bits per heavy atom. The normalized spacial score (nSPS) is 55.5. The molecular formula is C42H68O14. The molecule has 0 amide bonds. The summed E-state index contributed by atoms with van der Waals surface area (Å²) in [5, 5.41) is 95.6. The molecule has 9 N–H and O–H groups in total. The van der Waals surface area contributed by atoms with E-state index >= 15 is 0 Å². The van der Waals surface area contributed by atoms with Gasteiger partial charge in [0.2, 0.25) is 0 Å². The van der Waals surface area contributed by atoms with Crippen LogP contribution in [0.4, 0.5) is 0 Å². The number of fused-ring (bicyclic) bond motifs is 7. The van der Waals surface area contributed by atoms with Crippen LogP contribution >= 0.6 is 0 Å². The Balaban J connectivity index is 1.17. The molecule has 7 rings (SSSR count). The Morgan fingerprint density at radius 3 is 2.11 bits per heavy atom. The van der Waals surface area contributed by atoms with Gasteiger partial charge in [-0.1, -0.05) is 60.1 Å². The first-order chi connectivity index (χ1) is 26.0. The number of aliphatic carboxylic acids is 1. The summed E-state index contributed by atoms with van der Waals surface area (Å²) in [4.78, 5) is 12.2. The molecule has 0 aromatic rings. The molecule has 0 aromatic carbocycles. The predicted molar refractivity (Wildman–Crippen MR) is 199 cm³/mol. The van der Waals surface area contributed by atoms with Gasteiger partial charge in [0, 0.05) is 5.41 Å². The van der Waals surface area contributed by atoms with Crippen molar-refractivity contribution in [2.45, 2.75) is 180 Å². The third-order valence-corrected chi connectivity index (χ3v) is 17.5. The number of hydrogen-bond donors (Lipinski definition) is 9. The van der Waals surface area contributed by atoms with Crippen LogP contribution in [0.2, 0.25) is 0 Å². The number of carboxylic acid groups (broad SMARTS) is 1. The van der Waals surface area contributed by atoms with Crippen LogP contribution in [-0.2, 0) is 23.7 Å². The van der Waals surface area contributed by atoms with Crippen LogP contribution in [0.25, 0.3) is 0 Å². The minimum Gasteiger partial charge on any atom is -0.479 e. The van der Waals surface area contributed by atoms with E-state index in [0.717, 1.165) is 51.4 Å². The highest BCUT2D eigenvalue weighted by Gasteiger charge is 2.69. The molecule has 2 saturated heterocycles. The standard InChI is InChI=1S/C42H68O14/c1-37(2)16-21-20-8-9-24-39(4)12-11-26(40(5,19-44)23(39)10-13-42(24,7)41(20,6)15-14-38(21,3)17-25(37)45)54-36-33(30(49)29(48)32(55-36)34(51)52)56-35-31(50)28(47)27(46)22(18-43)53-35/h8,21-33,35-36,43-50H,9-19H2,1-7H3,(H,51,52). The molecule has 0 aromatic heterocycles. The maximum Gasteiger partial charge on any atom is 0.335 e. The first kappa shape index (κ1) is 42.8. The fourth-order valence-corrected chi connectivity index (χ4v) is 13.6. The van der Waals surface area contributed by atoms with Crippen molar-refractivity contribution in [3.05, 3.63) is 11.6 Å². The Bertz CT molecular complexity index is 1520. The van der Waals surface area contributed by atoms with Crippen LogP contribution in [0.1, 0.15) is 106 Å². The highest BCUT2D eigenvalue weighted by Crippen LogP contribution is 2.76. The van der Waals surface area contributed by atoms with Gasteiger partial charge in [-0.3, -0.25) is 0 Å². The molecule has 0 radical (unpaired) electrons. The van der Waals surface area contributed by atoms with Crippen molar-refractivity contribution in [2.75, 3.05) is 13.2 Å². The number of aliphatic hydroxyl groups excluding tert-OH is 8. The van der Waals surface area contributed by atoms with Crippen molar-refractivity contribution in [1.82, 2.24) is 0 Å². The summed E-state index contributed by atoms with van der Waals surface area (Å²) in [5.41, 5.74) is 0.392. The lowest BCUT2D eigenvalue weighted by Gasteiger charge is -2.71. The first-order valence-corrected chi connectivity index (χ1v) is 20.9. The van der Waals surface area contributed by atoms with Crippen LogP contribution in [0.15, 0.2) is 11.6 Å². The average Bonchev–Trinajstić information content (AvgIpc) is 3.13. The zero-order chi connectivity index (χ0) is 41.1. The van der Waals surface area contributed by atoms with Crippen molar-refractivity contribution in [1.29, 1.82) is 0 Å². The van der Waals surface area contributed by atoms with E-state index in [2.05, 4.69) is 47.6 Å². The summed E-state index contributed by atoms with van der Waals surface area (Å²) >= 11 is 0. The smallest absolute Gasteiger partial charge is 0.335 e. The molecule has 6 fully saturated rings. The number of hydrogen-bond acceptors (Lipinski definition) is 13. The lowest BCUT2D eigenvalue weighted by Crippen LogP contribution is -2.68. The summed E-state index contributed by atoms with van der Waals surface area (Å²) < 4.78 is 23.9. The predicted octanol–water partition coefficient (Wildman–Crippen LogP) is 1.85. The average molecular weight is 797 g/mol. The van der Waals surface area contributed by atoms with Gasteiger partial charge in [0.25, 0.3) is 0 Å². The minimum atomic E-state index is -1.97. The van der Waals surface area contributed by atoms with Crippen LogP contribution < -0.4 is 0 Å². The van der Waals surface area contributed by atoms with E-state index in [1.807, 2.05) is 6.92 Å². The summed E-state index contributed by atoms with van der Waals surface area (Å²) in [6.45, 7) is 15.1. The van der Waals surface area contributed by atoms with Crippen LogP contribution in [-0.4, -0.2) is 139 Å². The van der Waals surface area contributed by atoms with Crippen molar-refractivity contribution in [2.24, 2.45) is 50.2 Å². The monoisotopic (exact) mass is 796 g/mol. The van der Waals surface area contributed by atoms with Gasteiger partial charge < -0.3 is 64.9 Å². The summed E-state index contributed by atoms with van der Waals surface area (Å²) in [6.07, 6.45) is -8.05. The van der Waals surface area contributed by atoms with Gasteiger partial charge in [-0.2, -0.15) is 0 Å². The molecule has 56 heavy (non-hydrogen) atoms. The second-order valence-corrected chi connectivity index (χ2v) is 20.8. The molecule has 14 heteroatoms. The van der Waals surface area contributed by atoms with Gasteiger partial charge in [-0.15, -0.1) is 0 Å². The minimum absolute atomic E-state index is 0.00724. The fourth-order valence-electron chi connectivity index (χ4n) is 13.6. The number of carboxylic acids is 1. The second kappa shape index (κ2) is 14.4. The number of aliphatic hydroxyl groups is 8. The maximum atomic E-state index is 12.2. The largest absolute Gasteiger partial charge is 0.479 e. The Labute approximate surface area is 330 Å². The maximum absolute atomic E-state index is 12.2. The first-order valence-electron chi connectivity index (χ1n) is 20.9. The molecule has 5 aliphatic carbocycles.